The molecule has 0 aliphatic carbocycles. The maximum absolute atomic E-state index is 13.5. The zero-order valence-electron chi connectivity index (χ0n) is 13.9. The number of rotatable bonds is 3. The van der Waals surface area contributed by atoms with Gasteiger partial charge in [-0.1, -0.05) is 6.07 Å². The number of likely N-dealkylation sites (tertiary alicyclic amines) is 1. The summed E-state index contributed by atoms with van der Waals surface area (Å²) in [5.74, 6) is -0.0526. The van der Waals surface area contributed by atoms with E-state index in [0.29, 0.717) is 24.5 Å². The first-order valence-corrected chi connectivity index (χ1v) is 8.18. The van der Waals surface area contributed by atoms with E-state index in [4.69, 9.17) is 0 Å². The summed E-state index contributed by atoms with van der Waals surface area (Å²) in [6, 6.07) is 4.26. The molecule has 0 saturated carbocycles. The molecule has 1 aliphatic rings. The molecule has 1 aromatic heterocycles. The van der Waals surface area contributed by atoms with Gasteiger partial charge in [0.2, 0.25) is 0 Å². The summed E-state index contributed by atoms with van der Waals surface area (Å²) in [5, 5.41) is 10.6. The fraction of sp³-hybridized carbons (Fsp3) is 0.444. The molecule has 3 rings (SSSR count). The van der Waals surface area contributed by atoms with Crippen molar-refractivity contribution in [3.63, 3.8) is 0 Å². The van der Waals surface area contributed by atoms with E-state index in [0.717, 1.165) is 18.4 Å². The number of nitrogens with zero attached hydrogens (tertiary/aromatic N) is 3. The van der Waals surface area contributed by atoms with E-state index in [-0.39, 0.29) is 11.8 Å². The van der Waals surface area contributed by atoms with Crippen molar-refractivity contribution in [1.29, 1.82) is 0 Å². The van der Waals surface area contributed by atoms with Crippen LogP contribution in [-0.4, -0.2) is 38.6 Å². The van der Waals surface area contributed by atoms with Gasteiger partial charge in [-0.15, -0.1) is 0 Å². The molecule has 2 atom stereocenters. The van der Waals surface area contributed by atoms with E-state index in [2.05, 4.69) is 4.98 Å². The minimum Gasteiger partial charge on any atom is -0.385 e. The molecule has 2 aromatic rings. The van der Waals surface area contributed by atoms with Crippen LogP contribution in [0.3, 0.4) is 0 Å². The quantitative estimate of drug-likeness (QED) is 0.940. The summed E-state index contributed by atoms with van der Waals surface area (Å²) in [7, 11) is 1.84. The van der Waals surface area contributed by atoms with Crippen LogP contribution in [0.15, 0.2) is 30.6 Å². The van der Waals surface area contributed by atoms with Crippen LogP contribution in [0.5, 0.6) is 0 Å². The Morgan fingerprint density at radius 3 is 2.96 bits per heavy atom. The molecule has 0 radical (unpaired) electrons. The van der Waals surface area contributed by atoms with E-state index in [9.17, 15) is 14.3 Å². The Hall–Kier alpha value is -2.21. The first-order chi connectivity index (χ1) is 11.5. The molecule has 1 aromatic carbocycles. The highest BCUT2D eigenvalue weighted by Crippen LogP contribution is 2.29. The van der Waals surface area contributed by atoms with Crippen molar-refractivity contribution < 1.29 is 14.3 Å². The predicted octanol–water partition coefficient (Wildman–Crippen LogP) is 2.45. The van der Waals surface area contributed by atoms with E-state index < -0.39 is 11.9 Å². The van der Waals surface area contributed by atoms with Gasteiger partial charge in [0.15, 0.2) is 0 Å². The molecule has 5 nitrogen and oxygen atoms in total. The highest BCUT2D eigenvalue weighted by Gasteiger charge is 2.31. The Morgan fingerprint density at radius 2 is 2.25 bits per heavy atom. The van der Waals surface area contributed by atoms with Crippen LogP contribution in [-0.2, 0) is 7.05 Å². The molecular formula is C18H22FN3O2. The maximum Gasteiger partial charge on any atom is 0.254 e. The van der Waals surface area contributed by atoms with Crippen molar-refractivity contribution in [2.75, 3.05) is 13.1 Å². The fourth-order valence-electron chi connectivity index (χ4n) is 3.32. The summed E-state index contributed by atoms with van der Waals surface area (Å²) < 4.78 is 15.3. The van der Waals surface area contributed by atoms with Crippen molar-refractivity contribution >= 4 is 5.91 Å². The number of hydrogen-bond donors (Lipinski definition) is 1. The second-order valence-electron chi connectivity index (χ2n) is 6.45. The van der Waals surface area contributed by atoms with Crippen molar-refractivity contribution in [1.82, 2.24) is 14.5 Å². The van der Waals surface area contributed by atoms with E-state index in [1.165, 1.54) is 12.1 Å². The van der Waals surface area contributed by atoms with Crippen LogP contribution in [0.4, 0.5) is 4.39 Å². The Balaban J connectivity index is 1.77. The standard InChI is InChI=1S/C18H22FN3O2/c1-12-5-6-14(19)10-15(12)18(24)22-8-3-4-13(11-22)16(23)17-20-7-9-21(17)2/h5-7,9-10,13,16,23H,3-4,8,11H2,1-2H3. The average Bonchev–Trinajstić information content (AvgIpc) is 3.02. The molecule has 0 bridgehead atoms. The third-order valence-electron chi connectivity index (χ3n) is 4.74. The van der Waals surface area contributed by atoms with E-state index in [1.54, 1.807) is 34.9 Å². The molecule has 2 unspecified atom stereocenters. The minimum atomic E-state index is -0.714. The number of amides is 1. The molecule has 24 heavy (non-hydrogen) atoms. The molecule has 2 heterocycles. The summed E-state index contributed by atoms with van der Waals surface area (Å²) >= 11 is 0. The summed E-state index contributed by atoms with van der Waals surface area (Å²) in [4.78, 5) is 18.7. The third-order valence-corrected chi connectivity index (χ3v) is 4.74. The molecular weight excluding hydrogens is 309 g/mol. The number of halogens is 1. The molecule has 0 spiro atoms. The van der Waals surface area contributed by atoms with Gasteiger partial charge < -0.3 is 14.6 Å². The van der Waals surface area contributed by atoms with Gasteiger partial charge in [0.25, 0.3) is 5.91 Å². The number of aliphatic hydroxyl groups is 1. The number of benzene rings is 1. The summed E-state index contributed by atoms with van der Waals surface area (Å²) in [6.07, 6.45) is 4.38. The molecule has 1 aliphatic heterocycles. The van der Waals surface area contributed by atoms with Crippen molar-refractivity contribution in [3.05, 3.63) is 53.4 Å². The average molecular weight is 331 g/mol. The van der Waals surface area contributed by atoms with Crippen molar-refractivity contribution in [2.24, 2.45) is 13.0 Å². The number of piperidine rings is 1. The monoisotopic (exact) mass is 331 g/mol. The highest BCUT2D eigenvalue weighted by atomic mass is 19.1. The van der Waals surface area contributed by atoms with Gasteiger partial charge in [0, 0.05) is 44.0 Å². The number of carbonyl (C=O) groups is 1. The number of aromatic nitrogens is 2. The molecule has 1 amide bonds. The number of aryl methyl sites for hydroxylation is 2. The Labute approximate surface area is 140 Å². The van der Waals surface area contributed by atoms with Crippen molar-refractivity contribution in [3.8, 4) is 0 Å². The zero-order chi connectivity index (χ0) is 17.3. The number of hydrogen-bond acceptors (Lipinski definition) is 3. The maximum atomic E-state index is 13.5. The largest absolute Gasteiger partial charge is 0.385 e. The Bertz CT molecular complexity index is 744. The van der Waals surface area contributed by atoms with Crippen LogP contribution >= 0.6 is 0 Å². The van der Waals surface area contributed by atoms with Crippen LogP contribution in [0.1, 0.15) is 40.7 Å². The third kappa shape index (κ3) is 3.19. The molecule has 1 N–H and O–H groups in total. The van der Waals surface area contributed by atoms with Gasteiger partial charge in [-0.3, -0.25) is 4.79 Å². The first kappa shape index (κ1) is 16.6. The lowest BCUT2D eigenvalue weighted by atomic mass is 9.91. The van der Waals surface area contributed by atoms with Gasteiger partial charge in [0.05, 0.1) is 0 Å². The van der Waals surface area contributed by atoms with E-state index >= 15 is 0 Å². The van der Waals surface area contributed by atoms with Gasteiger partial charge >= 0.3 is 0 Å². The zero-order valence-corrected chi connectivity index (χ0v) is 13.9. The van der Waals surface area contributed by atoms with Gasteiger partial charge in [-0.2, -0.15) is 0 Å². The van der Waals surface area contributed by atoms with Crippen LogP contribution in [0.25, 0.3) is 0 Å². The Morgan fingerprint density at radius 1 is 1.46 bits per heavy atom. The van der Waals surface area contributed by atoms with Crippen LogP contribution in [0.2, 0.25) is 0 Å². The summed E-state index contributed by atoms with van der Waals surface area (Å²) in [6.45, 7) is 2.87. The lowest BCUT2D eigenvalue weighted by Gasteiger charge is -2.35. The number of carbonyl (C=O) groups excluding carboxylic acids is 1. The minimum absolute atomic E-state index is 0.0716. The van der Waals surface area contributed by atoms with E-state index in [1.807, 2.05) is 7.05 Å². The molecule has 128 valence electrons. The molecule has 1 fully saturated rings. The molecule has 6 heteroatoms. The van der Waals surface area contributed by atoms with Crippen molar-refractivity contribution in [2.45, 2.75) is 25.9 Å². The molecule has 1 saturated heterocycles. The second kappa shape index (κ2) is 6.73. The summed E-state index contributed by atoms with van der Waals surface area (Å²) in [5.41, 5.74) is 1.15. The second-order valence-corrected chi connectivity index (χ2v) is 6.45. The van der Waals surface area contributed by atoms with Gasteiger partial charge in [-0.25, -0.2) is 9.37 Å². The Kier molecular flexibility index (Phi) is 4.66. The normalized spacial score (nSPS) is 19.3. The smallest absolute Gasteiger partial charge is 0.254 e. The van der Waals surface area contributed by atoms with Gasteiger partial charge in [-0.05, 0) is 37.5 Å². The van der Waals surface area contributed by atoms with Gasteiger partial charge in [0.1, 0.15) is 17.7 Å². The lowest BCUT2D eigenvalue weighted by Crippen LogP contribution is -2.42. The number of imidazole rings is 1. The predicted molar refractivity (Wildman–Crippen MR) is 87.9 cm³/mol. The highest BCUT2D eigenvalue weighted by molar-refractivity contribution is 5.95. The first-order valence-electron chi connectivity index (χ1n) is 8.18. The lowest BCUT2D eigenvalue weighted by molar-refractivity contribution is 0.0357. The topological polar surface area (TPSA) is 58.4 Å². The van der Waals surface area contributed by atoms with Crippen LogP contribution in [0, 0.1) is 18.7 Å². The van der Waals surface area contributed by atoms with Crippen LogP contribution < -0.4 is 0 Å². The number of aliphatic hydroxyl groups excluding tert-OH is 1. The SMILES string of the molecule is Cc1ccc(F)cc1C(=O)N1CCCC(C(O)c2nccn2C)C1. The fourth-order valence-corrected chi connectivity index (χ4v) is 3.32.